The van der Waals surface area contributed by atoms with Crippen LogP contribution in [0, 0.1) is 0 Å². The molecule has 0 radical (unpaired) electrons. The van der Waals surface area contributed by atoms with Gasteiger partial charge in [-0.05, 0) is 48.5 Å². The fourth-order valence-electron chi connectivity index (χ4n) is 5.18. The minimum atomic E-state index is -0.788. The number of amides is 1. The number of Topliss-reactive ketones (excluding diaryl/α,β-unsaturated/α-hetero) is 1. The Morgan fingerprint density at radius 3 is 2.41 bits per heavy atom. The normalized spacial score (nSPS) is 15.3. The summed E-state index contributed by atoms with van der Waals surface area (Å²) in [6, 6.07) is 23.3. The Kier molecular flexibility index (Phi) is 8.40. The molecule has 0 aliphatic carbocycles. The molecule has 8 heteroatoms. The molecule has 1 unspecified atom stereocenters. The van der Waals surface area contributed by atoms with E-state index in [1.807, 2.05) is 60.7 Å². The number of para-hydroxylation sites is 1. The maximum atomic E-state index is 13.9. The summed E-state index contributed by atoms with van der Waals surface area (Å²) < 4.78 is 17.2. The number of fused-ring (bicyclic) bond motifs is 1. The number of methoxy groups -OCH3 is 1. The molecule has 212 valence electrons. The number of ketones is 1. The summed E-state index contributed by atoms with van der Waals surface area (Å²) in [5, 5.41) is 11.8. The molecule has 0 saturated heterocycles. The van der Waals surface area contributed by atoms with Gasteiger partial charge >= 0.3 is 0 Å². The van der Waals surface area contributed by atoms with Crippen LogP contribution in [0.4, 0.5) is 0 Å². The first kappa shape index (κ1) is 28.0. The van der Waals surface area contributed by atoms with E-state index in [1.54, 1.807) is 23.1 Å². The maximum absolute atomic E-state index is 13.9. The molecular formula is C33H34N2O6. The van der Waals surface area contributed by atoms with Crippen molar-refractivity contribution in [3.8, 4) is 11.5 Å². The lowest BCUT2D eigenvalue weighted by atomic mass is 9.95. The highest BCUT2D eigenvalue weighted by Gasteiger charge is 2.44. The smallest absolute Gasteiger partial charge is 0.290 e. The summed E-state index contributed by atoms with van der Waals surface area (Å²) in [6.07, 6.45) is 0. The highest BCUT2D eigenvalue weighted by Crippen LogP contribution is 2.40. The van der Waals surface area contributed by atoms with Crippen molar-refractivity contribution < 1.29 is 28.6 Å². The number of hydrogen-bond acceptors (Lipinski definition) is 7. The molecular weight excluding hydrogens is 520 g/mol. The van der Waals surface area contributed by atoms with Crippen LogP contribution in [0.25, 0.3) is 11.0 Å². The van der Waals surface area contributed by atoms with E-state index < -0.39 is 23.5 Å². The van der Waals surface area contributed by atoms with Gasteiger partial charge in [-0.25, -0.2) is 0 Å². The molecule has 1 amide bonds. The molecule has 1 aliphatic rings. The minimum absolute atomic E-state index is 0.00877. The molecule has 1 aliphatic heterocycles. The Bertz CT molecular complexity index is 1550. The molecule has 0 spiro atoms. The van der Waals surface area contributed by atoms with Crippen LogP contribution in [0.15, 0.2) is 94.6 Å². The number of likely N-dealkylation sites (N-methyl/N-ethyl adjacent to an activating group) is 1. The number of furan rings is 1. The Morgan fingerprint density at radius 2 is 1.73 bits per heavy atom. The minimum Gasteiger partial charge on any atom is -0.503 e. The number of rotatable bonds is 12. The summed E-state index contributed by atoms with van der Waals surface area (Å²) in [4.78, 5) is 31.1. The molecule has 2 heterocycles. The topological polar surface area (TPSA) is 92.5 Å². The van der Waals surface area contributed by atoms with Crippen LogP contribution in [0.1, 0.15) is 41.6 Å². The molecule has 8 nitrogen and oxygen atoms in total. The predicted octanol–water partition coefficient (Wildman–Crippen LogP) is 5.94. The summed E-state index contributed by atoms with van der Waals surface area (Å²) >= 11 is 0. The van der Waals surface area contributed by atoms with E-state index in [0.717, 1.165) is 18.7 Å². The van der Waals surface area contributed by atoms with E-state index in [4.69, 9.17) is 13.9 Å². The van der Waals surface area contributed by atoms with Crippen LogP contribution in [-0.2, 0) is 11.4 Å². The Labute approximate surface area is 239 Å². The van der Waals surface area contributed by atoms with Crippen LogP contribution in [-0.4, -0.2) is 59.9 Å². The van der Waals surface area contributed by atoms with Crippen molar-refractivity contribution in [2.75, 3.05) is 33.3 Å². The van der Waals surface area contributed by atoms with Gasteiger partial charge in [-0.1, -0.05) is 68.4 Å². The summed E-state index contributed by atoms with van der Waals surface area (Å²) in [6.45, 7) is 7.11. The number of ether oxygens (including phenoxy) is 2. The quantitative estimate of drug-likeness (QED) is 0.217. The SMILES string of the molecule is CCN(CC)CCN1C(=O)C(O)=C(C(=O)c2cc3cccc(OC)c3o2)C1c1ccc(OCc2ccccc2)cc1. The molecule has 1 atom stereocenters. The zero-order valence-corrected chi connectivity index (χ0v) is 23.5. The highest BCUT2D eigenvalue weighted by molar-refractivity contribution is 6.16. The number of aliphatic hydroxyl groups excluding tert-OH is 1. The van der Waals surface area contributed by atoms with E-state index in [2.05, 4.69) is 18.7 Å². The van der Waals surface area contributed by atoms with Gasteiger partial charge in [0.1, 0.15) is 12.4 Å². The van der Waals surface area contributed by atoms with E-state index in [9.17, 15) is 14.7 Å². The Balaban J connectivity index is 1.47. The van der Waals surface area contributed by atoms with Gasteiger partial charge in [-0.15, -0.1) is 0 Å². The van der Waals surface area contributed by atoms with Crippen molar-refractivity contribution in [1.82, 2.24) is 9.80 Å². The van der Waals surface area contributed by atoms with Crippen molar-refractivity contribution in [3.05, 3.63) is 107 Å². The first-order valence-electron chi connectivity index (χ1n) is 13.8. The maximum Gasteiger partial charge on any atom is 0.290 e. The monoisotopic (exact) mass is 554 g/mol. The molecule has 1 aromatic heterocycles. The van der Waals surface area contributed by atoms with Gasteiger partial charge in [0.25, 0.3) is 5.91 Å². The van der Waals surface area contributed by atoms with E-state index in [1.165, 1.54) is 7.11 Å². The Hall–Kier alpha value is -4.56. The average Bonchev–Trinajstić information content (AvgIpc) is 3.56. The van der Waals surface area contributed by atoms with Gasteiger partial charge in [-0.3, -0.25) is 9.59 Å². The average molecular weight is 555 g/mol. The van der Waals surface area contributed by atoms with Crippen LogP contribution in [0.2, 0.25) is 0 Å². The van der Waals surface area contributed by atoms with Crippen LogP contribution >= 0.6 is 0 Å². The van der Waals surface area contributed by atoms with Crippen molar-refractivity contribution in [2.24, 2.45) is 0 Å². The van der Waals surface area contributed by atoms with Crippen molar-refractivity contribution >= 4 is 22.7 Å². The molecule has 4 aromatic rings. The van der Waals surface area contributed by atoms with Gasteiger partial charge in [0.2, 0.25) is 5.78 Å². The third-order valence-electron chi connectivity index (χ3n) is 7.50. The van der Waals surface area contributed by atoms with Gasteiger partial charge in [0.15, 0.2) is 22.9 Å². The second-order valence-corrected chi connectivity index (χ2v) is 9.85. The third kappa shape index (κ3) is 5.69. The number of carbonyl (C=O) groups is 2. The van der Waals surface area contributed by atoms with Gasteiger partial charge in [-0.2, -0.15) is 0 Å². The lowest BCUT2D eigenvalue weighted by Crippen LogP contribution is -2.38. The fourth-order valence-corrected chi connectivity index (χ4v) is 5.18. The number of hydrogen-bond donors (Lipinski definition) is 1. The second kappa shape index (κ2) is 12.3. The Morgan fingerprint density at radius 1 is 1.00 bits per heavy atom. The third-order valence-corrected chi connectivity index (χ3v) is 7.50. The van der Waals surface area contributed by atoms with Crippen molar-refractivity contribution in [3.63, 3.8) is 0 Å². The van der Waals surface area contributed by atoms with Gasteiger partial charge in [0, 0.05) is 18.5 Å². The van der Waals surface area contributed by atoms with Crippen LogP contribution in [0.5, 0.6) is 11.5 Å². The zero-order valence-electron chi connectivity index (χ0n) is 23.5. The highest BCUT2D eigenvalue weighted by atomic mass is 16.5. The summed E-state index contributed by atoms with van der Waals surface area (Å²) in [5.41, 5.74) is 2.15. The summed E-state index contributed by atoms with van der Waals surface area (Å²) in [5.74, 6) is -0.515. The standard InChI is InChI=1S/C33H34N2O6/c1-4-34(5-2)18-19-35-29(23-14-16-25(17-15-23)40-21-22-10-7-6-8-11-22)28(31(37)33(35)38)30(36)27-20-24-12-9-13-26(39-3)32(24)41-27/h6-17,20,29,37H,4-5,18-19,21H2,1-3H3. The zero-order chi connectivity index (χ0) is 28.9. The number of carbonyl (C=O) groups excluding carboxylic acids is 2. The van der Waals surface area contributed by atoms with Crippen LogP contribution in [0.3, 0.4) is 0 Å². The number of benzene rings is 3. The van der Waals surface area contributed by atoms with Gasteiger partial charge < -0.3 is 28.8 Å². The first-order chi connectivity index (χ1) is 19.9. The molecule has 0 fully saturated rings. The fraction of sp³-hybridized carbons (Fsp3) is 0.273. The van der Waals surface area contributed by atoms with E-state index in [-0.39, 0.29) is 11.3 Å². The molecule has 1 N–H and O–H groups in total. The van der Waals surface area contributed by atoms with E-state index >= 15 is 0 Å². The lowest BCUT2D eigenvalue weighted by Gasteiger charge is -2.29. The van der Waals surface area contributed by atoms with Crippen molar-refractivity contribution in [1.29, 1.82) is 0 Å². The molecule has 3 aromatic carbocycles. The lowest BCUT2D eigenvalue weighted by molar-refractivity contribution is -0.129. The van der Waals surface area contributed by atoms with Gasteiger partial charge in [0.05, 0.1) is 18.7 Å². The van der Waals surface area contributed by atoms with Crippen LogP contribution < -0.4 is 9.47 Å². The number of nitrogens with zero attached hydrogens (tertiary/aromatic N) is 2. The number of aliphatic hydroxyl groups is 1. The molecule has 0 saturated carbocycles. The second-order valence-electron chi connectivity index (χ2n) is 9.85. The summed E-state index contributed by atoms with van der Waals surface area (Å²) in [7, 11) is 1.53. The molecule has 41 heavy (non-hydrogen) atoms. The van der Waals surface area contributed by atoms with E-state index in [0.29, 0.717) is 47.7 Å². The molecule has 5 rings (SSSR count). The van der Waals surface area contributed by atoms with Crippen molar-refractivity contribution in [2.45, 2.75) is 26.5 Å². The predicted molar refractivity (Wildman–Crippen MR) is 156 cm³/mol. The molecule has 0 bridgehead atoms. The first-order valence-corrected chi connectivity index (χ1v) is 13.8. The largest absolute Gasteiger partial charge is 0.503 e.